The third-order valence-corrected chi connectivity index (χ3v) is 6.72. The fourth-order valence-electron chi connectivity index (χ4n) is 2.23. The third kappa shape index (κ3) is 2.21. The number of halogens is 2. The molecule has 0 aliphatic heterocycles. The first-order valence-electron chi connectivity index (χ1n) is 5.58. The number of rotatable bonds is 1. The van der Waals surface area contributed by atoms with E-state index >= 15 is 0 Å². The van der Waals surface area contributed by atoms with Crippen molar-refractivity contribution < 1.29 is 4.89 Å². The predicted molar refractivity (Wildman–Crippen MR) is 89.5 cm³/mol. The molecule has 0 bridgehead atoms. The molecule has 0 aliphatic rings. The third-order valence-electron chi connectivity index (χ3n) is 3.07. The quantitative estimate of drug-likeness (QED) is 0.466. The van der Waals surface area contributed by atoms with Crippen molar-refractivity contribution >= 4 is 62.7 Å². The Bertz CT molecular complexity index is 735. The Labute approximate surface area is 122 Å². The SMILES string of the molecule is O[PH](Br)(Br)c1cccc2cc3ccccc3cc12. The van der Waals surface area contributed by atoms with Crippen molar-refractivity contribution in [1.29, 1.82) is 0 Å². The zero-order valence-corrected chi connectivity index (χ0v) is 13.6. The summed E-state index contributed by atoms with van der Waals surface area (Å²) in [6.45, 7) is 0. The van der Waals surface area contributed by atoms with Crippen LogP contribution in [-0.4, -0.2) is 4.89 Å². The molecule has 0 saturated carbocycles. The topological polar surface area (TPSA) is 20.2 Å². The van der Waals surface area contributed by atoms with Crippen molar-refractivity contribution in [2.24, 2.45) is 0 Å². The van der Waals surface area contributed by atoms with E-state index in [9.17, 15) is 4.89 Å². The van der Waals surface area contributed by atoms with Crippen molar-refractivity contribution in [3.8, 4) is 0 Å². The van der Waals surface area contributed by atoms with E-state index in [1.807, 2.05) is 24.3 Å². The first kappa shape index (κ1) is 12.6. The summed E-state index contributed by atoms with van der Waals surface area (Å²) >= 11 is 6.77. The van der Waals surface area contributed by atoms with Gasteiger partial charge in [0.2, 0.25) is 0 Å². The standard InChI is InChI=1S/C14H11Br2OP/c15-18(16,17)14-7-3-6-12-8-10-4-1-2-5-11(10)9-13(12)14/h1-9,17-18H. The summed E-state index contributed by atoms with van der Waals surface area (Å²) in [6, 6.07) is 18.6. The van der Waals surface area contributed by atoms with Crippen LogP contribution in [0.2, 0.25) is 0 Å². The molecule has 0 atom stereocenters. The molecule has 0 aromatic heterocycles. The first-order chi connectivity index (χ1) is 8.55. The summed E-state index contributed by atoms with van der Waals surface area (Å²) < 4.78 is 0. The van der Waals surface area contributed by atoms with Gasteiger partial charge in [-0.1, -0.05) is 0 Å². The van der Waals surface area contributed by atoms with E-state index in [4.69, 9.17) is 0 Å². The minimum atomic E-state index is -2.66. The van der Waals surface area contributed by atoms with Gasteiger partial charge in [-0.05, 0) is 0 Å². The second-order valence-electron chi connectivity index (χ2n) is 4.27. The van der Waals surface area contributed by atoms with E-state index in [0.29, 0.717) is 0 Å². The average molecular weight is 386 g/mol. The van der Waals surface area contributed by atoms with Crippen LogP contribution in [0.25, 0.3) is 21.5 Å². The van der Waals surface area contributed by atoms with Crippen LogP contribution in [0.1, 0.15) is 0 Å². The molecule has 0 heterocycles. The Morgan fingerprint density at radius 1 is 0.778 bits per heavy atom. The molecule has 0 saturated heterocycles. The zero-order valence-electron chi connectivity index (χ0n) is 9.40. The molecule has 0 radical (unpaired) electrons. The molecule has 1 nitrogen and oxygen atoms in total. The van der Waals surface area contributed by atoms with Crippen LogP contribution in [0.3, 0.4) is 0 Å². The maximum atomic E-state index is 10.2. The van der Waals surface area contributed by atoms with Gasteiger partial charge in [0.15, 0.2) is 0 Å². The Balaban J connectivity index is 2.44. The van der Waals surface area contributed by atoms with Gasteiger partial charge in [0.1, 0.15) is 0 Å². The molecule has 18 heavy (non-hydrogen) atoms. The molecule has 0 fully saturated rings. The molecule has 1 N–H and O–H groups in total. The van der Waals surface area contributed by atoms with Gasteiger partial charge in [0, 0.05) is 0 Å². The van der Waals surface area contributed by atoms with Crippen molar-refractivity contribution in [2.45, 2.75) is 0 Å². The molecule has 4 heteroatoms. The average Bonchev–Trinajstić information content (AvgIpc) is 2.34. The monoisotopic (exact) mass is 384 g/mol. The van der Waals surface area contributed by atoms with Gasteiger partial charge < -0.3 is 0 Å². The zero-order chi connectivity index (χ0) is 12.8. The van der Waals surface area contributed by atoms with Crippen LogP contribution in [0.4, 0.5) is 0 Å². The van der Waals surface area contributed by atoms with E-state index in [1.54, 1.807) is 0 Å². The fraction of sp³-hybridized carbons (Fsp3) is 0. The van der Waals surface area contributed by atoms with Crippen molar-refractivity contribution in [3.63, 3.8) is 0 Å². The van der Waals surface area contributed by atoms with Crippen LogP contribution in [0.5, 0.6) is 0 Å². The van der Waals surface area contributed by atoms with E-state index in [2.05, 4.69) is 61.3 Å². The van der Waals surface area contributed by atoms with Gasteiger partial charge in [0.05, 0.1) is 0 Å². The van der Waals surface area contributed by atoms with E-state index in [-0.39, 0.29) is 0 Å². The number of benzene rings is 3. The molecular weight excluding hydrogens is 375 g/mol. The normalized spacial score (nSPS) is 13.1. The summed E-state index contributed by atoms with van der Waals surface area (Å²) in [5.41, 5.74) is 0. The predicted octanol–water partition coefficient (Wildman–Crippen LogP) is 4.90. The summed E-state index contributed by atoms with van der Waals surface area (Å²) in [7, 11) is 0. The van der Waals surface area contributed by atoms with Crippen LogP contribution < -0.4 is 5.30 Å². The van der Waals surface area contributed by atoms with Crippen LogP contribution >= 0.6 is 35.9 Å². The second kappa shape index (κ2) is 4.57. The fourth-order valence-corrected chi connectivity index (χ4v) is 5.14. The minimum absolute atomic E-state index is 0.950. The van der Waals surface area contributed by atoms with Gasteiger partial charge >= 0.3 is 122 Å². The number of hydrogen-bond acceptors (Lipinski definition) is 1. The van der Waals surface area contributed by atoms with E-state index in [0.717, 1.165) is 16.1 Å². The van der Waals surface area contributed by atoms with Crippen molar-refractivity contribution in [2.75, 3.05) is 0 Å². The van der Waals surface area contributed by atoms with Crippen molar-refractivity contribution in [3.05, 3.63) is 54.6 Å². The summed E-state index contributed by atoms with van der Waals surface area (Å²) in [6.07, 6.45) is 0. The van der Waals surface area contributed by atoms with Crippen LogP contribution in [0.15, 0.2) is 54.6 Å². The van der Waals surface area contributed by atoms with Gasteiger partial charge in [-0.15, -0.1) is 0 Å². The summed E-state index contributed by atoms with van der Waals surface area (Å²) in [5, 5.41) is 5.60. The van der Waals surface area contributed by atoms with Gasteiger partial charge in [-0.3, -0.25) is 0 Å². The molecule has 0 unspecified atom stereocenters. The van der Waals surface area contributed by atoms with Gasteiger partial charge in [0.25, 0.3) is 0 Å². The summed E-state index contributed by atoms with van der Waals surface area (Å²) in [4.78, 5) is 7.57. The Morgan fingerprint density at radius 3 is 2.06 bits per heavy atom. The van der Waals surface area contributed by atoms with Gasteiger partial charge in [-0.2, -0.15) is 0 Å². The molecule has 3 rings (SSSR count). The molecular formula is C14H11Br2OP. The van der Waals surface area contributed by atoms with Gasteiger partial charge in [-0.25, -0.2) is 0 Å². The Hall–Kier alpha value is -0.470. The van der Waals surface area contributed by atoms with Crippen LogP contribution in [-0.2, 0) is 0 Å². The molecule has 0 amide bonds. The van der Waals surface area contributed by atoms with Crippen molar-refractivity contribution in [1.82, 2.24) is 0 Å². The molecule has 3 aromatic carbocycles. The molecule has 3 aromatic rings. The number of hydrogen-bond donors (Lipinski definition) is 1. The molecule has 0 aliphatic carbocycles. The summed E-state index contributed by atoms with van der Waals surface area (Å²) in [5.74, 6) is 0. The molecule has 0 spiro atoms. The van der Waals surface area contributed by atoms with E-state index in [1.165, 1.54) is 10.8 Å². The van der Waals surface area contributed by atoms with E-state index < -0.39 is 4.89 Å². The Kier molecular flexibility index (Phi) is 3.19. The Morgan fingerprint density at radius 2 is 1.39 bits per heavy atom. The second-order valence-corrected chi connectivity index (χ2v) is 16.0. The van der Waals surface area contributed by atoms with Crippen LogP contribution in [0, 0.1) is 0 Å². The molecule has 92 valence electrons. The number of fused-ring (bicyclic) bond motifs is 2. The first-order valence-corrected chi connectivity index (χ1v) is 12.0. The maximum absolute atomic E-state index is 10.2.